The molecule has 1 amide bonds. The van der Waals surface area contributed by atoms with Crippen LogP contribution in [0, 0.1) is 11.6 Å². The van der Waals surface area contributed by atoms with Crippen LogP contribution in [0.2, 0.25) is 5.02 Å². The van der Waals surface area contributed by atoms with Crippen molar-refractivity contribution in [2.24, 2.45) is 0 Å². The Bertz CT molecular complexity index is 734. The third kappa shape index (κ3) is 3.17. The average molecular weight is 312 g/mol. The highest BCUT2D eigenvalue weighted by molar-refractivity contribution is 6.34. The third-order valence-corrected chi connectivity index (χ3v) is 2.97. The highest BCUT2D eigenvalue weighted by Gasteiger charge is 2.18. The molecular weight excluding hydrogens is 304 g/mol. The SMILES string of the molecule is O=C(Nc1c(F)cccc1C(=O)O)c1ccc(F)cc1Cl. The Morgan fingerprint density at radius 2 is 1.81 bits per heavy atom. The fraction of sp³-hybridized carbons (Fsp3) is 0. The van der Waals surface area contributed by atoms with Crippen LogP contribution in [0.5, 0.6) is 0 Å². The van der Waals surface area contributed by atoms with Gasteiger partial charge in [-0.3, -0.25) is 4.79 Å². The van der Waals surface area contributed by atoms with Crippen LogP contribution in [-0.2, 0) is 0 Å². The molecule has 2 rings (SSSR count). The van der Waals surface area contributed by atoms with Crippen molar-refractivity contribution in [3.63, 3.8) is 0 Å². The van der Waals surface area contributed by atoms with E-state index in [4.69, 9.17) is 16.7 Å². The quantitative estimate of drug-likeness (QED) is 0.910. The lowest BCUT2D eigenvalue weighted by atomic mass is 10.1. The van der Waals surface area contributed by atoms with Crippen molar-refractivity contribution in [3.05, 3.63) is 64.2 Å². The van der Waals surface area contributed by atoms with E-state index in [2.05, 4.69) is 5.32 Å². The number of carboxylic acid groups (broad SMARTS) is 1. The summed E-state index contributed by atoms with van der Waals surface area (Å²) >= 11 is 5.72. The second-order valence-corrected chi connectivity index (χ2v) is 4.45. The molecule has 21 heavy (non-hydrogen) atoms. The van der Waals surface area contributed by atoms with E-state index in [0.29, 0.717) is 0 Å². The standard InChI is InChI=1S/C14H8ClF2NO3/c15-10-6-7(16)4-5-8(10)13(19)18-12-9(14(20)21)2-1-3-11(12)17/h1-6H,(H,18,19)(H,20,21). The van der Waals surface area contributed by atoms with Crippen LogP contribution >= 0.6 is 11.6 Å². The molecule has 7 heteroatoms. The van der Waals surface area contributed by atoms with Crippen LogP contribution in [0.3, 0.4) is 0 Å². The molecule has 0 aliphatic heterocycles. The van der Waals surface area contributed by atoms with Gasteiger partial charge in [-0.1, -0.05) is 17.7 Å². The first-order chi connectivity index (χ1) is 9.90. The van der Waals surface area contributed by atoms with Gasteiger partial charge >= 0.3 is 5.97 Å². The molecule has 0 saturated heterocycles. The van der Waals surface area contributed by atoms with Crippen LogP contribution in [0.25, 0.3) is 0 Å². The second-order valence-electron chi connectivity index (χ2n) is 4.05. The molecule has 0 fully saturated rings. The van der Waals surface area contributed by atoms with Crippen LogP contribution in [0.1, 0.15) is 20.7 Å². The van der Waals surface area contributed by atoms with E-state index in [-0.39, 0.29) is 10.6 Å². The molecule has 0 bridgehead atoms. The number of benzene rings is 2. The maximum atomic E-state index is 13.7. The number of hydrogen-bond acceptors (Lipinski definition) is 2. The van der Waals surface area contributed by atoms with Gasteiger partial charge in [0, 0.05) is 0 Å². The topological polar surface area (TPSA) is 66.4 Å². The van der Waals surface area contributed by atoms with Gasteiger partial charge in [0.1, 0.15) is 11.6 Å². The highest BCUT2D eigenvalue weighted by Crippen LogP contribution is 2.23. The van der Waals surface area contributed by atoms with Crippen molar-refractivity contribution in [2.75, 3.05) is 5.32 Å². The summed E-state index contributed by atoms with van der Waals surface area (Å²) in [4.78, 5) is 23.0. The first-order valence-corrected chi connectivity index (χ1v) is 6.06. The molecule has 2 aromatic carbocycles. The van der Waals surface area contributed by atoms with Crippen LogP contribution < -0.4 is 5.32 Å². The number of para-hydroxylation sites is 1. The van der Waals surface area contributed by atoms with Gasteiger partial charge in [0.05, 0.1) is 21.8 Å². The number of carbonyl (C=O) groups is 2. The third-order valence-electron chi connectivity index (χ3n) is 2.66. The van der Waals surface area contributed by atoms with E-state index in [9.17, 15) is 18.4 Å². The van der Waals surface area contributed by atoms with Gasteiger partial charge < -0.3 is 10.4 Å². The normalized spacial score (nSPS) is 10.2. The van der Waals surface area contributed by atoms with Crippen LogP contribution in [0.4, 0.5) is 14.5 Å². The summed E-state index contributed by atoms with van der Waals surface area (Å²) in [5, 5.41) is 10.9. The Hall–Kier alpha value is -2.47. The minimum atomic E-state index is -1.39. The van der Waals surface area contributed by atoms with Gasteiger partial charge in [0.2, 0.25) is 0 Å². The predicted molar refractivity (Wildman–Crippen MR) is 72.7 cm³/mol. The first-order valence-electron chi connectivity index (χ1n) is 5.68. The zero-order chi connectivity index (χ0) is 15.6. The van der Waals surface area contributed by atoms with E-state index < -0.39 is 34.8 Å². The molecule has 0 heterocycles. The molecule has 0 atom stereocenters. The average Bonchev–Trinajstić information content (AvgIpc) is 2.40. The largest absolute Gasteiger partial charge is 0.478 e. The number of nitrogens with one attached hydrogen (secondary N) is 1. The van der Waals surface area contributed by atoms with E-state index in [1.165, 1.54) is 6.07 Å². The molecule has 4 nitrogen and oxygen atoms in total. The van der Waals surface area contributed by atoms with Gasteiger partial charge in [-0.15, -0.1) is 0 Å². The molecule has 0 radical (unpaired) electrons. The van der Waals surface area contributed by atoms with Crippen molar-refractivity contribution in [1.29, 1.82) is 0 Å². The highest BCUT2D eigenvalue weighted by atomic mass is 35.5. The number of carboxylic acids is 1. The lowest BCUT2D eigenvalue weighted by Crippen LogP contribution is -2.16. The summed E-state index contributed by atoms with van der Waals surface area (Å²) in [5.41, 5.74) is -0.977. The van der Waals surface area contributed by atoms with Crippen LogP contribution in [-0.4, -0.2) is 17.0 Å². The number of aromatic carboxylic acids is 1. The van der Waals surface area contributed by atoms with E-state index in [0.717, 1.165) is 30.3 Å². The zero-order valence-corrected chi connectivity index (χ0v) is 11.1. The number of halogens is 3. The minimum absolute atomic E-state index is 0.0994. The lowest BCUT2D eigenvalue weighted by molar-refractivity contribution is 0.0697. The van der Waals surface area contributed by atoms with Gasteiger partial charge in [0.15, 0.2) is 0 Å². The van der Waals surface area contributed by atoms with Crippen LogP contribution in [0.15, 0.2) is 36.4 Å². The number of anilines is 1. The van der Waals surface area contributed by atoms with Crippen molar-refractivity contribution >= 4 is 29.2 Å². The van der Waals surface area contributed by atoms with E-state index in [1.54, 1.807) is 0 Å². The van der Waals surface area contributed by atoms with Crippen molar-refractivity contribution in [2.45, 2.75) is 0 Å². The van der Waals surface area contributed by atoms with Gasteiger partial charge in [-0.25, -0.2) is 13.6 Å². The molecule has 0 saturated carbocycles. The summed E-state index contributed by atoms with van der Waals surface area (Å²) in [7, 11) is 0. The molecule has 2 aromatic rings. The lowest BCUT2D eigenvalue weighted by Gasteiger charge is -2.10. The molecule has 0 spiro atoms. The maximum Gasteiger partial charge on any atom is 0.337 e. The Morgan fingerprint density at radius 3 is 2.43 bits per heavy atom. The Labute approximate surface area is 123 Å². The summed E-state index contributed by atoms with van der Waals surface area (Å²) in [6, 6.07) is 6.42. The summed E-state index contributed by atoms with van der Waals surface area (Å²) in [6.45, 7) is 0. The minimum Gasteiger partial charge on any atom is -0.478 e. The fourth-order valence-electron chi connectivity index (χ4n) is 1.68. The smallest absolute Gasteiger partial charge is 0.337 e. The molecule has 0 aliphatic carbocycles. The molecular formula is C14H8ClF2NO3. The molecule has 0 aromatic heterocycles. The van der Waals surface area contributed by atoms with E-state index >= 15 is 0 Å². The first kappa shape index (κ1) is 14.9. The number of amides is 1. The molecule has 0 unspecified atom stereocenters. The van der Waals surface area contributed by atoms with Gasteiger partial charge in [-0.05, 0) is 30.3 Å². The van der Waals surface area contributed by atoms with Crippen molar-refractivity contribution in [3.8, 4) is 0 Å². The van der Waals surface area contributed by atoms with E-state index in [1.807, 2.05) is 0 Å². The fourth-order valence-corrected chi connectivity index (χ4v) is 1.94. The zero-order valence-electron chi connectivity index (χ0n) is 10.4. The van der Waals surface area contributed by atoms with Gasteiger partial charge in [-0.2, -0.15) is 0 Å². The number of rotatable bonds is 3. The van der Waals surface area contributed by atoms with Crippen molar-refractivity contribution < 1.29 is 23.5 Å². The van der Waals surface area contributed by atoms with Crippen molar-refractivity contribution in [1.82, 2.24) is 0 Å². The molecule has 108 valence electrons. The molecule has 0 aliphatic rings. The Morgan fingerprint density at radius 1 is 1.10 bits per heavy atom. The Balaban J connectivity index is 2.38. The summed E-state index contributed by atoms with van der Waals surface area (Å²) < 4.78 is 26.6. The number of hydrogen-bond donors (Lipinski definition) is 2. The predicted octanol–water partition coefficient (Wildman–Crippen LogP) is 3.57. The monoisotopic (exact) mass is 311 g/mol. The molecule has 2 N–H and O–H groups in total. The summed E-state index contributed by atoms with van der Waals surface area (Å²) in [6.07, 6.45) is 0. The maximum absolute atomic E-state index is 13.7. The Kier molecular flexibility index (Phi) is 4.18. The summed E-state index contributed by atoms with van der Waals surface area (Å²) in [5.74, 6) is -3.77. The second kappa shape index (κ2) is 5.88. The van der Waals surface area contributed by atoms with Gasteiger partial charge in [0.25, 0.3) is 5.91 Å². The number of carbonyl (C=O) groups excluding carboxylic acids is 1.